The van der Waals surface area contributed by atoms with Gasteiger partial charge in [-0.1, -0.05) is 72.3 Å². The lowest BCUT2D eigenvalue weighted by Crippen LogP contribution is -1.97. The SMILES string of the molecule is C1=CCC2C(=C1)Cc1c(-c3ccccc3)cccc12. The molecule has 0 amide bonds. The predicted molar refractivity (Wildman–Crippen MR) is 80.2 cm³/mol. The quantitative estimate of drug-likeness (QED) is 0.670. The topological polar surface area (TPSA) is 0 Å². The van der Waals surface area contributed by atoms with E-state index in [1.807, 2.05) is 0 Å². The molecule has 2 aliphatic rings. The Kier molecular flexibility index (Phi) is 2.41. The molecule has 0 N–H and O–H groups in total. The van der Waals surface area contributed by atoms with Crippen molar-refractivity contribution in [3.05, 3.63) is 83.5 Å². The van der Waals surface area contributed by atoms with Crippen LogP contribution in [0.2, 0.25) is 0 Å². The molecule has 0 bridgehead atoms. The van der Waals surface area contributed by atoms with Crippen molar-refractivity contribution in [1.82, 2.24) is 0 Å². The van der Waals surface area contributed by atoms with Gasteiger partial charge in [-0.2, -0.15) is 0 Å². The van der Waals surface area contributed by atoms with E-state index in [1.165, 1.54) is 22.3 Å². The van der Waals surface area contributed by atoms with Crippen LogP contribution < -0.4 is 0 Å². The zero-order valence-electron chi connectivity index (χ0n) is 10.8. The number of hydrogen-bond donors (Lipinski definition) is 0. The maximum Gasteiger partial charge on any atom is 0.00922 e. The second-order valence-corrected chi connectivity index (χ2v) is 5.37. The van der Waals surface area contributed by atoms with Gasteiger partial charge in [0.2, 0.25) is 0 Å². The van der Waals surface area contributed by atoms with Crippen LogP contribution in [0.4, 0.5) is 0 Å². The Morgan fingerprint density at radius 1 is 0.895 bits per heavy atom. The third-order valence-electron chi connectivity index (χ3n) is 4.32. The molecule has 0 heterocycles. The molecule has 2 aliphatic carbocycles. The molecule has 1 unspecified atom stereocenters. The number of fused-ring (bicyclic) bond motifs is 3. The van der Waals surface area contributed by atoms with Crippen molar-refractivity contribution in [3.8, 4) is 11.1 Å². The first-order chi connectivity index (χ1) is 9.43. The predicted octanol–water partition coefficient (Wildman–Crippen LogP) is 4.88. The Labute approximate surface area is 114 Å². The molecule has 0 nitrogen and oxygen atoms in total. The van der Waals surface area contributed by atoms with Gasteiger partial charge in [-0.3, -0.25) is 0 Å². The number of benzene rings is 2. The molecule has 19 heavy (non-hydrogen) atoms. The van der Waals surface area contributed by atoms with Crippen molar-refractivity contribution in [1.29, 1.82) is 0 Å². The zero-order valence-corrected chi connectivity index (χ0v) is 10.8. The van der Waals surface area contributed by atoms with Gasteiger partial charge in [-0.15, -0.1) is 0 Å². The van der Waals surface area contributed by atoms with E-state index in [-0.39, 0.29) is 0 Å². The molecule has 0 fully saturated rings. The third-order valence-corrected chi connectivity index (χ3v) is 4.32. The summed E-state index contributed by atoms with van der Waals surface area (Å²) in [6.07, 6.45) is 9.09. The Morgan fingerprint density at radius 3 is 2.68 bits per heavy atom. The van der Waals surface area contributed by atoms with Crippen LogP contribution in [-0.2, 0) is 6.42 Å². The molecule has 4 rings (SSSR count). The minimum absolute atomic E-state index is 0.628. The largest absolute Gasteiger partial charge is 0.0836 e. The zero-order chi connectivity index (χ0) is 12.7. The minimum atomic E-state index is 0.628. The first-order valence-electron chi connectivity index (χ1n) is 6.96. The lowest BCUT2D eigenvalue weighted by molar-refractivity contribution is 0.822. The second-order valence-electron chi connectivity index (χ2n) is 5.37. The van der Waals surface area contributed by atoms with Gasteiger partial charge in [-0.25, -0.2) is 0 Å². The Bertz CT molecular complexity index is 674. The van der Waals surface area contributed by atoms with E-state index in [4.69, 9.17) is 0 Å². The van der Waals surface area contributed by atoms with E-state index in [9.17, 15) is 0 Å². The van der Waals surface area contributed by atoms with Crippen LogP contribution >= 0.6 is 0 Å². The molecule has 92 valence electrons. The van der Waals surface area contributed by atoms with Crippen molar-refractivity contribution < 1.29 is 0 Å². The molecule has 0 radical (unpaired) electrons. The summed E-state index contributed by atoms with van der Waals surface area (Å²) in [4.78, 5) is 0. The van der Waals surface area contributed by atoms with Gasteiger partial charge in [0.05, 0.1) is 0 Å². The van der Waals surface area contributed by atoms with Crippen molar-refractivity contribution in [2.45, 2.75) is 18.8 Å². The fraction of sp³-hybridized carbons (Fsp3) is 0.158. The molecule has 0 aliphatic heterocycles. The second kappa shape index (κ2) is 4.24. The van der Waals surface area contributed by atoms with E-state index in [0.29, 0.717) is 5.92 Å². The summed E-state index contributed by atoms with van der Waals surface area (Å²) in [7, 11) is 0. The van der Waals surface area contributed by atoms with Crippen LogP contribution in [0.15, 0.2) is 72.3 Å². The standard InChI is InChI=1S/C19H16/c1-2-7-14(8-3-1)16-11-6-12-18-17-10-5-4-9-15(17)13-19(16)18/h1-9,11-12,17H,10,13H2. The number of rotatable bonds is 1. The normalized spacial score (nSPS) is 19.8. The van der Waals surface area contributed by atoms with Crippen molar-refractivity contribution in [2.24, 2.45) is 0 Å². The van der Waals surface area contributed by atoms with Gasteiger partial charge in [0, 0.05) is 5.92 Å². The average Bonchev–Trinajstić information content (AvgIpc) is 2.87. The van der Waals surface area contributed by atoms with E-state index in [1.54, 1.807) is 5.57 Å². The smallest absolute Gasteiger partial charge is 0.00922 e. The van der Waals surface area contributed by atoms with Gasteiger partial charge in [0.25, 0.3) is 0 Å². The summed E-state index contributed by atoms with van der Waals surface area (Å²) in [6.45, 7) is 0. The number of allylic oxidation sites excluding steroid dienone is 4. The third kappa shape index (κ3) is 1.67. The van der Waals surface area contributed by atoms with Crippen LogP contribution in [0, 0.1) is 0 Å². The van der Waals surface area contributed by atoms with E-state index in [0.717, 1.165) is 12.8 Å². The summed E-state index contributed by atoms with van der Waals surface area (Å²) in [5.41, 5.74) is 7.41. The van der Waals surface area contributed by atoms with Gasteiger partial charge in [0.1, 0.15) is 0 Å². The highest BCUT2D eigenvalue weighted by atomic mass is 14.3. The van der Waals surface area contributed by atoms with Crippen LogP contribution in [0.5, 0.6) is 0 Å². The van der Waals surface area contributed by atoms with E-state index in [2.05, 4.69) is 66.8 Å². The summed E-state index contributed by atoms with van der Waals surface area (Å²) >= 11 is 0. The molecular formula is C19H16. The average molecular weight is 244 g/mol. The summed E-state index contributed by atoms with van der Waals surface area (Å²) in [6, 6.07) is 17.5. The number of hydrogen-bond acceptors (Lipinski definition) is 0. The molecule has 0 heteroatoms. The van der Waals surface area contributed by atoms with Gasteiger partial charge in [-0.05, 0) is 35.1 Å². The van der Waals surface area contributed by atoms with E-state index >= 15 is 0 Å². The molecule has 0 aromatic heterocycles. The maximum absolute atomic E-state index is 2.31. The molecule has 2 aromatic rings. The first kappa shape index (κ1) is 10.8. The summed E-state index contributed by atoms with van der Waals surface area (Å²) < 4.78 is 0. The molecule has 1 atom stereocenters. The fourth-order valence-electron chi connectivity index (χ4n) is 3.40. The molecular weight excluding hydrogens is 228 g/mol. The molecule has 0 spiro atoms. The highest BCUT2D eigenvalue weighted by Crippen LogP contribution is 2.45. The van der Waals surface area contributed by atoms with Gasteiger partial charge >= 0.3 is 0 Å². The van der Waals surface area contributed by atoms with Crippen molar-refractivity contribution in [2.75, 3.05) is 0 Å². The van der Waals surface area contributed by atoms with Crippen LogP contribution in [0.3, 0.4) is 0 Å². The lowest BCUT2D eigenvalue weighted by atomic mass is 9.90. The Morgan fingerprint density at radius 2 is 1.79 bits per heavy atom. The first-order valence-corrected chi connectivity index (χ1v) is 6.96. The summed E-state index contributed by atoms with van der Waals surface area (Å²) in [5.74, 6) is 0.628. The van der Waals surface area contributed by atoms with Crippen LogP contribution in [0.1, 0.15) is 23.5 Å². The maximum atomic E-state index is 2.31. The van der Waals surface area contributed by atoms with Gasteiger partial charge in [0.15, 0.2) is 0 Å². The fourth-order valence-corrected chi connectivity index (χ4v) is 3.40. The monoisotopic (exact) mass is 244 g/mol. The van der Waals surface area contributed by atoms with Crippen molar-refractivity contribution in [3.63, 3.8) is 0 Å². The van der Waals surface area contributed by atoms with Gasteiger partial charge < -0.3 is 0 Å². The molecule has 2 aromatic carbocycles. The highest BCUT2D eigenvalue weighted by Gasteiger charge is 2.28. The highest BCUT2D eigenvalue weighted by molar-refractivity contribution is 5.72. The van der Waals surface area contributed by atoms with E-state index < -0.39 is 0 Å². The lowest BCUT2D eigenvalue weighted by Gasteiger charge is -2.14. The summed E-state index contributed by atoms with van der Waals surface area (Å²) in [5, 5.41) is 0. The Balaban J connectivity index is 1.88. The Hall–Kier alpha value is -2.08. The molecule has 0 saturated heterocycles. The minimum Gasteiger partial charge on any atom is -0.0836 e. The van der Waals surface area contributed by atoms with Crippen LogP contribution in [-0.4, -0.2) is 0 Å². The molecule has 0 saturated carbocycles. The van der Waals surface area contributed by atoms with Crippen LogP contribution in [0.25, 0.3) is 11.1 Å². The van der Waals surface area contributed by atoms with Crippen molar-refractivity contribution >= 4 is 0 Å².